The number of halogens is 1. The van der Waals surface area contributed by atoms with Gasteiger partial charge < -0.3 is 19.1 Å². The number of piperidine rings is 1. The average Bonchev–Trinajstić information content (AvgIpc) is 2.60. The normalized spacial score (nSPS) is 15.7. The van der Waals surface area contributed by atoms with E-state index in [4.69, 9.17) is 14.2 Å². The molecule has 1 heterocycles. The summed E-state index contributed by atoms with van der Waals surface area (Å²) in [6, 6.07) is 4.97. The highest BCUT2D eigenvalue weighted by Crippen LogP contribution is 2.22. The highest BCUT2D eigenvalue weighted by molar-refractivity contribution is 5.68. The third kappa shape index (κ3) is 6.57. The van der Waals surface area contributed by atoms with Crippen molar-refractivity contribution in [3.8, 4) is 11.5 Å². The van der Waals surface area contributed by atoms with Gasteiger partial charge in [-0.2, -0.15) is 0 Å². The molecular formula is C20H31FN2O4. The lowest BCUT2D eigenvalue weighted by Crippen LogP contribution is -2.47. The maximum atomic E-state index is 13.7. The lowest BCUT2D eigenvalue weighted by molar-refractivity contribution is 0.0151. The molecule has 1 amide bonds. The first kappa shape index (κ1) is 21.3. The van der Waals surface area contributed by atoms with Crippen molar-refractivity contribution in [3.63, 3.8) is 0 Å². The number of carbonyl (C=O) groups is 1. The highest BCUT2D eigenvalue weighted by atomic mass is 19.1. The minimum Gasteiger partial charge on any atom is -0.494 e. The summed E-state index contributed by atoms with van der Waals surface area (Å²) in [7, 11) is 3.48. The number of likely N-dealkylation sites (tertiary alicyclic amines) is 1. The van der Waals surface area contributed by atoms with Crippen LogP contribution in [-0.2, 0) is 4.74 Å². The number of likely N-dealkylation sites (N-methyl/N-ethyl adjacent to an activating group) is 1. The fourth-order valence-corrected chi connectivity index (χ4v) is 3.04. The van der Waals surface area contributed by atoms with Gasteiger partial charge in [-0.15, -0.1) is 0 Å². The van der Waals surface area contributed by atoms with E-state index in [-0.39, 0.29) is 11.8 Å². The Morgan fingerprint density at radius 2 is 1.96 bits per heavy atom. The Morgan fingerprint density at radius 1 is 1.30 bits per heavy atom. The lowest BCUT2D eigenvalue weighted by Gasteiger charge is -2.37. The van der Waals surface area contributed by atoms with Gasteiger partial charge in [0.05, 0.1) is 7.11 Å². The molecule has 7 heteroatoms. The van der Waals surface area contributed by atoms with Crippen LogP contribution in [0.3, 0.4) is 0 Å². The van der Waals surface area contributed by atoms with Crippen molar-refractivity contribution >= 4 is 6.09 Å². The molecule has 2 rings (SSSR count). The van der Waals surface area contributed by atoms with E-state index in [1.165, 1.54) is 13.2 Å². The van der Waals surface area contributed by atoms with Crippen molar-refractivity contribution in [1.82, 2.24) is 9.80 Å². The number of ether oxygens (including phenoxy) is 3. The Labute approximate surface area is 161 Å². The smallest absolute Gasteiger partial charge is 0.410 e. The SMILES string of the molecule is COc1ccc(OCCN(C)C2CCN(C(=O)OC(C)(C)C)CC2)cc1F. The molecule has 0 saturated carbocycles. The van der Waals surface area contributed by atoms with Crippen molar-refractivity contribution in [2.24, 2.45) is 0 Å². The van der Waals surface area contributed by atoms with Gasteiger partial charge in [-0.3, -0.25) is 4.90 Å². The molecule has 1 aromatic rings. The minimum absolute atomic E-state index is 0.205. The van der Waals surface area contributed by atoms with Crippen LogP contribution in [-0.4, -0.2) is 67.9 Å². The molecule has 1 fully saturated rings. The van der Waals surface area contributed by atoms with Gasteiger partial charge in [0.1, 0.15) is 18.0 Å². The van der Waals surface area contributed by atoms with Gasteiger partial charge in [-0.25, -0.2) is 9.18 Å². The Balaban J connectivity index is 1.72. The van der Waals surface area contributed by atoms with Crippen molar-refractivity contribution in [2.45, 2.75) is 45.3 Å². The molecule has 1 aliphatic rings. The second-order valence-corrected chi connectivity index (χ2v) is 7.82. The number of rotatable bonds is 6. The van der Waals surface area contributed by atoms with E-state index in [2.05, 4.69) is 4.90 Å². The fraction of sp³-hybridized carbons (Fsp3) is 0.650. The summed E-state index contributed by atoms with van der Waals surface area (Å²) in [5.74, 6) is 0.260. The van der Waals surface area contributed by atoms with Gasteiger partial charge in [0.15, 0.2) is 11.6 Å². The molecule has 6 nitrogen and oxygen atoms in total. The van der Waals surface area contributed by atoms with Crippen LogP contribution >= 0.6 is 0 Å². The standard InChI is InChI=1S/C20H31FN2O4/c1-20(2,3)27-19(24)23-10-8-15(9-11-23)22(4)12-13-26-16-6-7-18(25-5)17(21)14-16/h6-7,14-15H,8-13H2,1-5H3. The van der Waals surface area contributed by atoms with Crippen LogP contribution in [0.15, 0.2) is 18.2 Å². The third-order valence-electron chi connectivity index (χ3n) is 4.58. The van der Waals surface area contributed by atoms with Gasteiger partial charge in [0.25, 0.3) is 0 Å². The first-order valence-electron chi connectivity index (χ1n) is 9.34. The number of amides is 1. The predicted octanol–water partition coefficient (Wildman–Crippen LogP) is 3.54. The molecule has 0 aromatic heterocycles. The summed E-state index contributed by atoms with van der Waals surface area (Å²) >= 11 is 0. The monoisotopic (exact) mass is 382 g/mol. The lowest BCUT2D eigenvalue weighted by atomic mass is 10.0. The zero-order valence-corrected chi connectivity index (χ0v) is 17.0. The average molecular weight is 382 g/mol. The van der Waals surface area contributed by atoms with Crippen LogP contribution in [0, 0.1) is 5.82 Å². The van der Waals surface area contributed by atoms with Gasteiger partial charge >= 0.3 is 6.09 Å². The molecule has 0 spiro atoms. The number of hydrogen-bond acceptors (Lipinski definition) is 5. The van der Waals surface area contributed by atoms with Gasteiger partial charge in [-0.05, 0) is 52.8 Å². The van der Waals surface area contributed by atoms with E-state index >= 15 is 0 Å². The van der Waals surface area contributed by atoms with E-state index in [1.807, 2.05) is 27.8 Å². The molecule has 1 saturated heterocycles. The van der Waals surface area contributed by atoms with E-state index in [9.17, 15) is 9.18 Å². The Kier molecular flexibility index (Phi) is 7.30. The molecule has 0 unspecified atom stereocenters. The molecular weight excluding hydrogens is 351 g/mol. The number of hydrogen-bond donors (Lipinski definition) is 0. The Hall–Kier alpha value is -2.02. The summed E-state index contributed by atoms with van der Waals surface area (Å²) < 4.78 is 29.6. The first-order valence-corrected chi connectivity index (χ1v) is 9.34. The summed E-state index contributed by atoms with van der Waals surface area (Å²) in [6.45, 7) is 8.20. The third-order valence-corrected chi connectivity index (χ3v) is 4.58. The zero-order valence-electron chi connectivity index (χ0n) is 17.0. The van der Waals surface area contributed by atoms with Crippen LogP contribution in [0.2, 0.25) is 0 Å². The molecule has 0 N–H and O–H groups in total. The summed E-state index contributed by atoms with van der Waals surface area (Å²) in [5.41, 5.74) is -0.469. The Bertz CT molecular complexity index is 625. The van der Waals surface area contributed by atoms with Gasteiger partial charge in [0, 0.05) is 31.7 Å². The molecule has 152 valence electrons. The molecule has 0 aliphatic carbocycles. The number of methoxy groups -OCH3 is 1. The van der Waals surface area contributed by atoms with Crippen LogP contribution < -0.4 is 9.47 Å². The number of nitrogens with zero attached hydrogens (tertiary/aromatic N) is 2. The van der Waals surface area contributed by atoms with Gasteiger partial charge in [-0.1, -0.05) is 0 Å². The van der Waals surface area contributed by atoms with Crippen LogP contribution in [0.25, 0.3) is 0 Å². The largest absolute Gasteiger partial charge is 0.494 e. The topological polar surface area (TPSA) is 51.2 Å². The van der Waals surface area contributed by atoms with Crippen molar-refractivity contribution in [3.05, 3.63) is 24.0 Å². The van der Waals surface area contributed by atoms with E-state index < -0.39 is 11.4 Å². The molecule has 27 heavy (non-hydrogen) atoms. The maximum absolute atomic E-state index is 13.7. The quantitative estimate of drug-likeness (QED) is 0.753. The fourth-order valence-electron chi connectivity index (χ4n) is 3.04. The van der Waals surface area contributed by atoms with E-state index in [0.29, 0.717) is 31.5 Å². The van der Waals surface area contributed by atoms with Crippen LogP contribution in [0.4, 0.5) is 9.18 Å². The summed E-state index contributed by atoms with van der Waals surface area (Å²) in [4.78, 5) is 16.1. The van der Waals surface area contributed by atoms with Crippen molar-refractivity contribution in [2.75, 3.05) is 40.4 Å². The molecule has 1 aromatic carbocycles. The molecule has 0 atom stereocenters. The van der Waals surface area contributed by atoms with Crippen LogP contribution in [0.5, 0.6) is 11.5 Å². The van der Waals surface area contributed by atoms with Crippen molar-refractivity contribution in [1.29, 1.82) is 0 Å². The van der Waals surface area contributed by atoms with Crippen molar-refractivity contribution < 1.29 is 23.4 Å². The number of carbonyl (C=O) groups excluding carboxylic acids is 1. The van der Waals surface area contributed by atoms with E-state index in [1.54, 1.807) is 17.0 Å². The summed E-state index contributed by atoms with van der Waals surface area (Å²) in [5, 5.41) is 0. The summed E-state index contributed by atoms with van der Waals surface area (Å²) in [6.07, 6.45) is 1.55. The second-order valence-electron chi connectivity index (χ2n) is 7.82. The second kappa shape index (κ2) is 9.26. The van der Waals surface area contributed by atoms with Gasteiger partial charge in [0.2, 0.25) is 0 Å². The maximum Gasteiger partial charge on any atom is 0.410 e. The van der Waals surface area contributed by atoms with E-state index in [0.717, 1.165) is 19.4 Å². The van der Waals surface area contributed by atoms with Crippen LogP contribution in [0.1, 0.15) is 33.6 Å². The first-order chi connectivity index (χ1) is 12.7. The zero-order chi connectivity index (χ0) is 20.0. The minimum atomic E-state index is -0.469. The predicted molar refractivity (Wildman–Crippen MR) is 102 cm³/mol. The molecule has 0 radical (unpaired) electrons. The highest BCUT2D eigenvalue weighted by Gasteiger charge is 2.28. The molecule has 1 aliphatic heterocycles. The Morgan fingerprint density at radius 3 is 2.52 bits per heavy atom. The number of benzene rings is 1. The molecule has 0 bridgehead atoms.